The van der Waals surface area contributed by atoms with Gasteiger partial charge in [0.15, 0.2) is 5.65 Å². The fourth-order valence-corrected chi connectivity index (χ4v) is 3.36. The molecule has 0 bridgehead atoms. The largest absolute Gasteiger partial charge is 0.497 e. The third-order valence-corrected chi connectivity index (χ3v) is 5.40. The number of rotatable bonds is 6. The van der Waals surface area contributed by atoms with E-state index in [2.05, 4.69) is 32.8 Å². The lowest BCUT2D eigenvalue weighted by Gasteiger charge is -2.26. The van der Waals surface area contributed by atoms with Crippen LogP contribution in [-0.2, 0) is 0 Å². The molecule has 2 heterocycles. The second kappa shape index (κ2) is 8.23. The number of hydrogen-bond acceptors (Lipinski definition) is 4. The van der Waals surface area contributed by atoms with Crippen LogP contribution in [0.2, 0.25) is 0 Å². The molecule has 0 radical (unpaired) electrons. The maximum Gasteiger partial charge on any atom is 0.254 e. The first-order valence-corrected chi connectivity index (χ1v) is 10.0. The second-order valence-electron chi connectivity index (χ2n) is 8.03. The van der Waals surface area contributed by atoms with Gasteiger partial charge in [0.2, 0.25) is 0 Å². The fourth-order valence-electron chi connectivity index (χ4n) is 3.36. The molecule has 0 spiro atoms. The highest BCUT2D eigenvalue weighted by Gasteiger charge is 2.24. The van der Waals surface area contributed by atoms with E-state index in [9.17, 15) is 4.79 Å². The van der Waals surface area contributed by atoms with Gasteiger partial charge in [-0.3, -0.25) is 4.79 Å². The molecule has 6 heteroatoms. The summed E-state index contributed by atoms with van der Waals surface area (Å²) in [7, 11) is 3.48. The van der Waals surface area contributed by atoms with Gasteiger partial charge in [0.05, 0.1) is 30.3 Å². The topological polar surface area (TPSA) is 60.2 Å². The van der Waals surface area contributed by atoms with Crippen molar-refractivity contribution >= 4 is 16.9 Å². The van der Waals surface area contributed by atoms with Crippen molar-refractivity contribution in [3.8, 4) is 5.75 Å². The number of aromatic nitrogens is 3. The number of pyridine rings is 1. The predicted molar refractivity (Wildman–Crippen MR) is 116 cm³/mol. The van der Waals surface area contributed by atoms with E-state index >= 15 is 0 Å². The third-order valence-electron chi connectivity index (χ3n) is 5.40. The van der Waals surface area contributed by atoms with Crippen molar-refractivity contribution in [1.29, 1.82) is 0 Å². The Balaban J connectivity index is 2.02. The van der Waals surface area contributed by atoms with E-state index in [1.807, 2.05) is 49.0 Å². The molecule has 6 nitrogen and oxygen atoms in total. The quantitative estimate of drug-likeness (QED) is 0.592. The lowest BCUT2D eigenvalue weighted by molar-refractivity contribution is 0.0744. The summed E-state index contributed by atoms with van der Waals surface area (Å²) < 4.78 is 7.11. The third kappa shape index (κ3) is 3.97. The Kier molecular flexibility index (Phi) is 5.91. The molecule has 1 aromatic carbocycles. The van der Waals surface area contributed by atoms with E-state index in [4.69, 9.17) is 9.72 Å². The molecule has 154 valence electrons. The summed E-state index contributed by atoms with van der Waals surface area (Å²) in [5.74, 6) is 0.977. The van der Waals surface area contributed by atoms with Gasteiger partial charge in [-0.15, -0.1) is 0 Å². The summed E-state index contributed by atoms with van der Waals surface area (Å²) in [6.07, 6.45) is 1.76. The zero-order chi connectivity index (χ0) is 21.3. The molecule has 2 aromatic heterocycles. The van der Waals surface area contributed by atoms with Crippen LogP contribution in [0.25, 0.3) is 11.0 Å². The van der Waals surface area contributed by atoms with Crippen LogP contribution in [0.4, 0.5) is 0 Å². The molecule has 1 amide bonds. The number of hydrogen-bond donors (Lipinski definition) is 0. The number of fused-ring (bicyclic) bond motifs is 1. The molecule has 0 aliphatic rings. The van der Waals surface area contributed by atoms with Gasteiger partial charge in [-0.1, -0.05) is 26.0 Å². The zero-order valence-electron chi connectivity index (χ0n) is 18.3. The highest BCUT2D eigenvalue weighted by Crippen LogP contribution is 2.28. The lowest BCUT2D eigenvalue weighted by atomic mass is 10.0. The molecule has 0 saturated heterocycles. The molecule has 1 unspecified atom stereocenters. The van der Waals surface area contributed by atoms with Crippen molar-refractivity contribution in [3.05, 3.63) is 53.3 Å². The molecular formula is C23H30N4O2. The van der Waals surface area contributed by atoms with Gasteiger partial charge in [0.25, 0.3) is 5.91 Å². The Morgan fingerprint density at radius 2 is 1.76 bits per heavy atom. The number of methoxy groups -OCH3 is 1. The van der Waals surface area contributed by atoms with Crippen LogP contribution in [0.5, 0.6) is 5.75 Å². The van der Waals surface area contributed by atoms with Crippen molar-refractivity contribution < 1.29 is 9.53 Å². The van der Waals surface area contributed by atoms with Crippen LogP contribution >= 0.6 is 0 Å². The average Bonchev–Trinajstić information content (AvgIpc) is 3.15. The molecule has 3 aromatic rings. The van der Waals surface area contributed by atoms with Crippen molar-refractivity contribution in [2.45, 2.75) is 52.6 Å². The molecule has 0 aliphatic carbocycles. The van der Waals surface area contributed by atoms with Crippen LogP contribution in [0.1, 0.15) is 74.2 Å². The first-order chi connectivity index (χ1) is 13.7. The zero-order valence-corrected chi connectivity index (χ0v) is 18.3. The Bertz CT molecular complexity index is 1010. The van der Waals surface area contributed by atoms with Gasteiger partial charge in [0.1, 0.15) is 5.75 Å². The number of nitrogens with zero attached hydrogens (tertiary/aromatic N) is 4. The standard InChI is InChI=1S/C23H30N4O2/c1-14(2)21-12-19(20-13-24-27(15(3)4)22(20)25-21)23(28)26(6)16(5)17-8-10-18(29-7)11-9-17/h8-16H,1-7H3. The number of amides is 1. The van der Waals surface area contributed by atoms with Crippen LogP contribution in [0.15, 0.2) is 36.5 Å². The maximum absolute atomic E-state index is 13.5. The first kappa shape index (κ1) is 20.8. The highest BCUT2D eigenvalue weighted by atomic mass is 16.5. The van der Waals surface area contributed by atoms with Crippen LogP contribution < -0.4 is 4.74 Å². The SMILES string of the molecule is COc1ccc(C(C)N(C)C(=O)c2cc(C(C)C)nc3c2cnn3C(C)C)cc1. The van der Waals surface area contributed by atoms with Gasteiger partial charge < -0.3 is 9.64 Å². The summed E-state index contributed by atoms with van der Waals surface area (Å²) in [6.45, 7) is 10.3. The van der Waals surface area contributed by atoms with E-state index in [-0.39, 0.29) is 23.9 Å². The molecule has 0 N–H and O–H groups in total. The molecule has 0 saturated carbocycles. The summed E-state index contributed by atoms with van der Waals surface area (Å²) in [5.41, 5.74) is 3.36. The monoisotopic (exact) mass is 394 g/mol. The highest BCUT2D eigenvalue weighted by molar-refractivity contribution is 6.05. The molecule has 0 aliphatic heterocycles. The number of carbonyl (C=O) groups is 1. The van der Waals surface area contributed by atoms with Crippen molar-refractivity contribution in [2.75, 3.05) is 14.2 Å². The van der Waals surface area contributed by atoms with E-state index in [0.717, 1.165) is 28.0 Å². The Morgan fingerprint density at radius 3 is 2.31 bits per heavy atom. The summed E-state index contributed by atoms with van der Waals surface area (Å²) in [6, 6.07) is 9.81. The van der Waals surface area contributed by atoms with E-state index in [1.54, 1.807) is 18.2 Å². The minimum absolute atomic E-state index is 0.0362. The van der Waals surface area contributed by atoms with E-state index in [0.29, 0.717) is 5.56 Å². The van der Waals surface area contributed by atoms with Crippen LogP contribution in [0, 0.1) is 0 Å². The van der Waals surface area contributed by atoms with Gasteiger partial charge >= 0.3 is 0 Å². The predicted octanol–water partition coefficient (Wildman–Crippen LogP) is 4.98. The molecule has 29 heavy (non-hydrogen) atoms. The van der Waals surface area contributed by atoms with Crippen molar-refractivity contribution in [1.82, 2.24) is 19.7 Å². The Labute approximate surface area is 172 Å². The second-order valence-corrected chi connectivity index (χ2v) is 8.03. The number of carbonyl (C=O) groups excluding carboxylic acids is 1. The Hall–Kier alpha value is -2.89. The smallest absolute Gasteiger partial charge is 0.254 e. The first-order valence-electron chi connectivity index (χ1n) is 10.0. The van der Waals surface area contributed by atoms with Crippen molar-refractivity contribution in [2.24, 2.45) is 0 Å². The fraction of sp³-hybridized carbons (Fsp3) is 0.435. The summed E-state index contributed by atoms with van der Waals surface area (Å²) in [5, 5.41) is 5.28. The lowest BCUT2D eigenvalue weighted by Crippen LogP contribution is -2.30. The molecular weight excluding hydrogens is 364 g/mol. The normalized spacial score (nSPS) is 12.6. The summed E-state index contributed by atoms with van der Waals surface area (Å²) in [4.78, 5) is 20.1. The number of ether oxygens (including phenoxy) is 1. The maximum atomic E-state index is 13.5. The van der Waals surface area contributed by atoms with Gasteiger partial charge in [-0.2, -0.15) is 5.10 Å². The van der Waals surface area contributed by atoms with Crippen molar-refractivity contribution in [3.63, 3.8) is 0 Å². The van der Waals surface area contributed by atoms with Gasteiger partial charge in [-0.05, 0) is 50.5 Å². The average molecular weight is 395 g/mol. The van der Waals surface area contributed by atoms with Crippen LogP contribution in [-0.4, -0.2) is 39.7 Å². The van der Waals surface area contributed by atoms with Gasteiger partial charge in [0, 0.05) is 18.8 Å². The Morgan fingerprint density at radius 1 is 1.10 bits per heavy atom. The van der Waals surface area contributed by atoms with Crippen LogP contribution in [0.3, 0.4) is 0 Å². The van der Waals surface area contributed by atoms with Gasteiger partial charge in [-0.25, -0.2) is 9.67 Å². The number of benzene rings is 1. The molecule has 1 atom stereocenters. The van der Waals surface area contributed by atoms with E-state index in [1.165, 1.54) is 0 Å². The minimum Gasteiger partial charge on any atom is -0.497 e. The summed E-state index contributed by atoms with van der Waals surface area (Å²) >= 11 is 0. The molecule has 0 fully saturated rings. The van der Waals surface area contributed by atoms with E-state index < -0.39 is 0 Å². The molecule has 3 rings (SSSR count). The minimum atomic E-state index is -0.0840.